The van der Waals surface area contributed by atoms with E-state index < -0.39 is 5.92 Å². The molecule has 1 rings (SSSR count). The Hall–Kier alpha value is -1.85. The van der Waals surface area contributed by atoms with Crippen LogP contribution in [0.2, 0.25) is 0 Å². The van der Waals surface area contributed by atoms with Gasteiger partial charge in [-0.3, -0.25) is 4.79 Å². The number of carbonyl (C=O) groups is 2. The van der Waals surface area contributed by atoms with Gasteiger partial charge >= 0.3 is 0 Å². The van der Waals surface area contributed by atoms with E-state index >= 15 is 0 Å². The van der Waals surface area contributed by atoms with Crippen LogP contribution in [0, 0.1) is 11.8 Å². The molecule has 4 N–H and O–H groups in total. The van der Waals surface area contributed by atoms with E-state index in [0.29, 0.717) is 6.54 Å². The Kier molecular flexibility index (Phi) is 5.54. The number of rotatable bonds is 5. The first-order valence-corrected chi connectivity index (χ1v) is 6.48. The maximum Gasteiger partial charge on any atom is 0.234 e. The molecule has 0 saturated carbocycles. The van der Waals surface area contributed by atoms with Crippen molar-refractivity contribution in [2.75, 3.05) is 6.54 Å². The third kappa shape index (κ3) is 3.56. The first kappa shape index (κ1) is 15.2. The number of aldehydes is 1. The van der Waals surface area contributed by atoms with E-state index in [9.17, 15) is 9.59 Å². The van der Waals surface area contributed by atoms with Crippen LogP contribution in [0.25, 0.3) is 0 Å². The summed E-state index contributed by atoms with van der Waals surface area (Å²) in [6.45, 7) is 4.41. The number of hydrogen-bond donors (Lipinski definition) is 2. The molecule has 1 aliphatic heterocycles. The summed E-state index contributed by atoms with van der Waals surface area (Å²) in [5.41, 5.74) is 11.1. The highest BCUT2D eigenvalue weighted by atomic mass is 16.2. The lowest BCUT2D eigenvalue weighted by molar-refractivity contribution is -0.137. The van der Waals surface area contributed by atoms with Crippen molar-refractivity contribution >= 4 is 18.0 Å². The largest absolute Gasteiger partial charge is 0.403 e. The maximum atomic E-state index is 12.5. The normalized spacial score (nSPS) is 22.2. The molecule has 0 radical (unpaired) electrons. The highest BCUT2D eigenvalue weighted by Crippen LogP contribution is 2.22. The highest BCUT2D eigenvalue weighted by molar-refractivity contribution is 6.03. The van der Waals surface area contributed by atoms with Gasteiger partial charge in [-0.15, -0.1) is 0 Å². The number of aliphatic imine (C=N–C) groups is 1. The zero-order valence-electron chi connectivity index (χ0n) is 11.5. The Morgan fingerprint density at radius 1 is 1.47 bits per heavy atom. The molecule has 106 valence electrons. The second-order valence-corrected chi connectivity index (χ2v) is 4.99. The number of likely N-dealkylation sites (tertiary alicyclic amines) is 1. The van der Waals surface area contributed by atoms with Gasteiger partial charge in [-0.2, -0.15) is 0 Å². The standard InChI is InChI=1S/C13H22N4O2/c1-9(2)11(12(15)16-6-5-14)13(19)17-7-3-4-10(17)8-18/h5-6,8-11H,3-4,7,14H2,1-2H3,(H2,15,16)/b6-5-. The van der Waals surface area contributed by atoms with E-state index in [4.69, 9.17) is 11.5 Å². The Morgan fingerprint density at radius 2 is 2.16 bits per heavy atom. The van der Waals surface area contributed by atoms with Gasteiger partial charge in [0.25, 0.3) is 0 Å². The highest BCUT2D eigenvalue weighted by Gasteiger charge is 2.36. The average molecular weight is 266 g/mol. The molecule has 0 bridgehead atoms. The van der Waals surface area contributed by atoms with E-state index in [1.165, 1.54) is 12.4 Å². The molecular formula is C13H22N4O2. The van der Waals surface area contributed by atoms with Crippen molar-refractivity contribution in [3.8, 4) is 0 Å². The quantitative estimate of drug-likeness (QED) is 0.422. The summed E-state index contributed by atoms with van der Waals surface area (Å²) < 4.78 is 0. The van der Waals surface area contributed by atoms with Gasteiger partial charge in [0.2, 0.25) is 5.91 Å². The lowest BCUT2D eigenvalue weighted by atomic mass is 9.93. The van der Waals surface area contributed by atoms with Gasteiger partial charge in [-0.05, 0) is 18.8 Å². The van der Waals surface area contributed by atoms with Crippen molar-refractivity contribution in [3.05, 3.63) is 12.4 Å². The molecule has 6 heteroatoms. The molecule has 1 fully saturated rings. The molecule has 2 unspecified atom stereocenters. The smallest absolute Gasteiger partial charge is 0.234 e. The molecule has 1 saturated heterocycles. The van der Waals surface area contributed by atoms with Gasteiger partial charge in [-0.1, -0.05) is 13.8 Å². The van der Waals surface area contributed by atoms with Crippen LogP contribution in [0.5, 0.6) is 0 Å². The van der Waals surface area contributed by atoms with E-state index in [1.807, 2.05) is 13.8 Å². The molecule has 6 nitrogen and oxygen atoms in total. The molecule has 0 aromatic rings. The Bertz CT molecular complexity index is 390. The summed E-state index contributed by atoms with van der Waals surface area (Å²) in [5, 5.41) is 0. The second kappa shape index (κ2) is 6.92. The van der Waals surface area contributed by atoms with E-state index in [2.05, 4.69) is 4.99 Å². The van der Waals surface area contributed by atoms with Crippen molar-refractivity contribution in [1.82, 2.24) is 4.90 Å². The van der Waals surface area contributed by atoms with Gasteiger partial charge in [0.15, 0.2) is 0 Å². The predicted octanol–water partition coefficient (Wildman–Crippen LogP) is 0.236. The molecule has 1 amide bonds. The van der Waals surface area contributed by atoms with Crippen molar-refractivity contribution in [2.24, 2.45) is 28.3 Å². The first-order chi connectivity index (χ1) is 9.02. The Labute approximate surface area is 113 Å². The predicted molar refractivity (Wildman–Crippen MR) is 74.1 cm³/mol. The molecule has 0 aromatic carbocycles. The van der Waals surface area contributed by atoms with Crippen molar-refractivity contribution in [1.29, 1.82) is 0 Å². The van der Waals surface area contributed by atoms with Gasteiger partial charge in [-0.25, -0.2) is 4.99 Å². The van der Waals surface area contributed by atoms with E-state index in [1.54, 1.807) is 4.90 Å². The Morgan fingerprint density at radius 3 is 2.68 bits per heavy atom. The molecule has 19 heavy (non-hydrogen) atoms. The van der Waals surface area contributed by atoms with Crippen LogP contribution in [0.1, 0.15) is 26.7 Å². The molecule has 1 heterocycles. The second-order valence-electron chi connectivity index (χ2n) is 4.99. The van der Waals surface area contributed by atoms with Gasteiger partial charge < -0.3 is 21.2 Å². The lowest BCUT2D eigenvalue weighted by Crippen LogP contribution is -2.46. The zero-order chi connectivity index (χ0) is 14.4. The maximum absolute atomic E-state index is 12.5. The summed E-state index contributed by atoms with van der Waals surface area (Å²) in [5.74, 6) is -0.401. The van der Waals surface area contributed by atoms with Crippen LogP contribution in [0.3, 0.4) is 0 Å². The number of amides is 1. The van der Waals surface area contributed by atoms with Crippen molar-refractivity contribution in [3.63, 3.8) is 0 Å². The van der Waals surface area contributed by atoms with Crippen molar-refractivity contribution < 1.29 is 9.59 Å². The van der Waals surface area contributed by atoms with Crippen LogP contribution < -0.4 is 11.5 Å². The fraction of sp³-hybridized carbons (Fsp3) is 0.615. The average Bonchev–Trinajstić information content (AvgIpc) is 2.84. The SMILES string of the molecule is CC(C)C(C(=O)N1CCCC1C=O)C(N)=N/C=C\N. The summed E-state index contributed by atoms with van der Waals surface area (Å²) in [6, 6.07) is -0.327. The molecule has 0 aromatic heterocycles. The molecule has 1 aliphatic rings. The van der Waals surface area contributed by atoms with Crippen LogP contribution in [-0.4, -0.2) is 35.5 Å². The minimum absolute atomic E-state index is 0.00956. The summed E-state index contributed by atoms with van der Waals surface area (Å²) in [6.07, 6.45) is 5.02. The summed E-state index contributed by atoms with van der Waals surface area (Å²) in [7, 11) is 0. The van der Waals surface area contributed by atoms with Crippen LogP contribution >= 0.6 is 0 Å². The molecule has 2 atom stereocenters. The fourth-order valence-corrected chi connectivity index (χ4v) is 2.35. The topological polar surface area (TPSA) is 102 Å². The third-order valence-electron chi connectivity index (χ3n) is 3.30. The number of nitrogens with two attached hydrogens (primary N) is 2. The summed E-state index contributed by atoms with van der Waals surface area (Å²) in [4.78, 5) is 29.0. The Balaban J connectivity index is 2.93. The third-order valence-corrected chi connectivity index (χ3v) is 3.30. The molecule has 0 spiro atoms. The van der Waals surface area contributed by atoms with E-state index in [0.717, 1.165) is 19.1 Å². The monoisotopic (exact) mass is 266 g/mol. The fourth-order valence-electron chi connectivity index (χ4n) is 2.35. The molecular weight excluding hydrogens is 244 g/mol. The van der Waals surface area contributed by atoms with Gasteiger partial charge in [0, 0.05) is 18.9 Å². The molecule has 0 aliphatic carbocycles. The van der Waals surface area contributed by atoms with E-state index in [-0.39, 0.29) is 23.7 Å². The minimum Gasteiger partial charge on any atom is -0.403 e. The number of carbonyl (C=O) groups excluding carboxylic acids is 2. The number of nitrogens with zero attached hydrogens (tertiary/aromatic N) is 2. The van der Waals surface area contributed by atoms with Crippen molar-refractivity contribution in [2.45, 2.75) is 32.7 Å². The lowest BCUT2D eigenvalue weighted by Gasteiger charge is -2.27. The summed E-state index contributed by atoms with van der Waals surface area (Å²) >= 11 is 0. The first-order valence-electron chi connectivity index (χ1n) is 6.48. The number of hydrogen-bond acceptors (Lipinski definition) is 4. The van der Waals surface area contributed by atoms with Crippen LogP contribution in [-0.2, 0) is 9.59 Å². The number of amidine groups is 1. The van der Waals surface area contributed by atoms with Crippen LogP contribution in [0.15, 0.2) is 17.4 Å². The van der Waals surface area contributed by atoms with Gasteiger partial charge in [0.1, 0.15) is 12.1 Å². The van der Waals surface area contributed by atoms with Gasteiger partial charge in [0.05, 0.1) is 12.0 Å². The zero-order valence-corrected chi connectivity index (χ0v) is 11.5. The minimum atomic E-state index is -0.517. The van der Waals surface area contributed by atoms with Crippen LogP contribution in [0.4, 0.5) is 0 Å².